The lowest BCUT2D eigenvalue weighted by molar-refractivity contribution is -0.121. The molecule has 1 aliphatic carbocycles. The monoisotopic (exact) mass is 292 g/mol. The Hall–Kier alpha value is -2.24. The first-order valence-corrected chi connectivity index (χ1v) is 7.09. The van der Waals surface area contributed by atoms with E-state index in [1.807, 2.05) is 6.92 Å². The van der Waals surface area contributed by atoms with Crippen LogP contribution in [0, 0.1) is 0 Å². The molecule has 0 atom stereocenters. The highest BCUT2D eigenvalue weighted by Gasteiger charge is 2.23. The molecule has 1 aliphatic rings. The topological polar surface area (TPSA) is 90.6 Å². The van der Waals surface area contributed by atoms with Crippen molar-refractivity contribution in [2.24, 2.45) is 0 Å². The van der Waals surface area contributed by atoms with E-state index in [1.165, 1.54) is 6.07 Å². The summed E-state index contributed by atoms with van der Waals surface area (Å²) in [6, 6.07) is 5.06. The minimum Gasteiger partial charge on any atom is -0.492 e. The van der Waals surface area contributed by atoms with Gasteiger partial charge in [-0.3, -0.25) is 4.79 Å². The van der Waals surface area contributed by atoms with E-state index in [9.17, 15) is 9.59 Å². The Morgan fingerprint density at radius 2 is 2.14 bits per heavy atom. The number of hydrogen-bond acceptors (Lipinski definition) is 5. The van der Waals surface area contributed by atoms with E-state index < -0.39 is 5.97 Å². The van der Waals surface area contributed by atoms with Crippen molar-refractivity contribution in [3.05, 3.63) is 23.8 Å². The standard InChI is InChI=1S/C15H20N2O4/c1-2-20-13-6-3-10(9-12(13)16)15(19)21-8-7-14(18)17-11-4-5-11/h3,6,9,11H,2,4-5,7-8,16H2,1H3,(H,17,18). The summed E-state index contributed by atoms with van der Waals surface area (Å²) >= 11 is 0. The molecule has 21 heavy (non-hydrogen) atoms. The summed E-state index contributed by atoms with van der Waals surface area (Å²) in [4.78, 5) is 23.3. The van der Waals surface area contributed by atoms with Gasteiger partial charge in [-0.1, -0.05) is 0 Å². The number of amides is 1. The fraction of sp³-hybridized carbons (Fsp3) is 0.467. The molecule has 0 aromatic heterocycles. The molecule has 114 valence electrons. The number of anilines is 1. The van der Waals surface area contributed by atoms with Crippen LogP contribution in [0.15, 0.2) is 18.2 Å². The Kier molecular flexibility index (Phi) is 5.03. The van der Waals surface area contributed by atoms with Gasteiger partial charge >= 0.3 is 5.97 Å². The molecule has 1 aromatic rings. The van der Waals surface area contributed by atoms with E-state index in [0.29, 0.717) is 29.6 Å². The fourth-order valence-corrected chi connectivity index (χ4v) is 1.81. The average Bonchev–Trinajstić information content (AvgIpc) is 3.25. The lowest BCUT2D eigenvalue weighted by atomic mass is 10.2. The molecule has 0 bridgehead atoms. The molecule has 0 saturated heterocycles. The summed E-state index contributed by atoms with van der Waals surface area (Å²) in [7, 11) is 0. The Balaban J connectivity index is 1.79. The van der Waals surface area contributed by atoms with Gasteiger partial charge in [-0.05, 0) is 38.0 Å². The van der Waals surface area contributed by atoms with Gasteiger partial charge in [0.2, 0.25) is 5.91 Å². The van der Waals surface area contributed by atoms with Crippen LogP contribution in [0.1, 0.15) is 36.5 Å². The van der Waals surface area contributed by atoms with Crippen LogP contribution in [0.5, 0.6) is 5.75 Å². The van der Waals surface area contributed by atoms with Gasteiger partial charge < -0.3 is 20.5 Å². The minimum atomic E-state index is -0.496. The lowest BCUT2D eigenvalue weighted by Gasteiger charge is -2.09. The molecule has 1 amide bonds. The second-order valence-electron chi connectivity index (χ2n) is 4.91. The number of nitrogens with two attached hydrogens (primary N) is 1. The molecule has 0 aliphatic heterocycles. The van der Waals surface area contributed by atoms with Crippen LogP contribution in [-0.2, 0) is 9.53 Å². The lowest BCUT2D eigenvalue weighted by Crippen LogP contribution is -2.26. The zero-order valence-electron chi connectivity index (χ0n) is 12.1. The van der Waals surface area contributed by atoms with E-state index in [-0.39, 0.29) is 18.9 Å². The van der Waals surface area contributed by atoms with E-state index in [0.717, 1.165) is 12.8 Å². The van der Waals surface area contributed by atoms with Crippen molar-refractivity contribution in [2.45, 2.75) is 32.2 Å². The quantitative estimate of drug-likeness (QED) is 0.587. The number of esters is 1. The van der Waals surface area contributed by atoms with Gasteiger partial charge in [-0.25, -0.2) is 4.79 Å². The third-order valence-corrected chi connectivity index (χ3v) is 3.05. The molecule has 1 aromatic carbocycles. The predicted molar refractivity (Wildman–Crippen MR) is 78.1 cm³/mol. The normalized spacial score (nSPS) is 13.6. The van der Waals surface area contributed by atoms with Crippen molar-refractivity contribution < 1.29 is 19.1 Å². The number of carbonyl (C=O) groups is 2. The molecule has 6 heteroatoms. The Labute approximate surface area is 123 Å². The van der Waals surface area contributed by atoms with E-state index >= 15 is 0 Å². The summed E-state index contributed by atoms with van der Waals surface area (Å²) in [5, 5.41) is 2.83. The Bertz CT molecular complexity index is 526. The van der Waals surface area contributed by atoms with Gasteiger partial charge in [0.25, 0.3) is 0 Å². The van der Waals surface area contributed by atoms with Crippen molar-refractivity contribution >= 4 is 17.6 Å². The summed E-state index contributed by atoms with van der Waals surface area (Å²) < 4.78 is 10.4. The van der Waals surface area contributed by atoms with Crippen LogP contribution in [0.4, 0.5) is 5.69 Å². The van der Waals surface area contributed by atoms with Crippen molar-refractivity contribution in [1.29, 1.82) is 0 Å². The van der Waals surface area contributed by atoms with Gasteiger partial charge in [-0.15, -0.1) is 0 Å². The number of nitrogens with one attached hydrogen (secondary N) is 1. The van der Waals surface area contributed by atoms with Crippen LogP contribution in [-0.4, -0.2) is 31.1 Å². The summed E-state index contributed by atoms with van der Waals surface area (Å²) in [6.45, 7) is 2.42. The average molecular weight is 292 g/mol. The zero-order valence-corrected chi connectivity index (χ0v) is 12.1. The Morgan fingerprint density at radius 3 is 2.76 bits per heavy atom. The predicted octanol–water partition coefficient (Wildman–Crippen LogP) is 1.49. The molecule has 1 saturated carbocycles. The highest BCUT2D eigenvalue weighted by Crippen LogP contribution is 2.23. The zero-order chi connectivity index (χ0) is 15.2. The molecule has 0 radical (unpaired) electrons. The van der Waals surface area contributed by atoms with Crippen LogP contribution in [0.25, 0.3) is 0 Å². The molecule has 2 rings (SSSR count). The SMILES string of the molecule is CCOc1ccc(C(=O)OCCC(=O)NC2CC2)cc1N. The van der Waals surface area contributed by atoms with Crippen LogP contribution >= 0.6 is 0 Å². The van der Waals surface area contributed by atoms with E-state index in [4.69, 9.17) is 15.2 Å². The number of carbonyl (C=O) groups excluding carboxylic acids is 2. The van der Waals surface area contributed by atoms with Crippen LogP contribution < -0.4 is 15.8 Å². The van der Waals surface area contributed by atoms with E-state index in [1.54, 1.807) is 12.1 Å². The van der Waals surface area contributed by atoms with Gasteiger partial charge in [0.1, 0.15) is 12.4 Å². The third kappa shape index (κ3) is 4.66. The maximum Gasteiger partial charge on any atom is 0.338 e. The van der Waals surface area contributed by atoms with E-state index in [2.05, 4.69) is 5.32 Å². The first kappa shape index (κ1) is 15.2. The fourth-order valence-electron chi connectivity index (χ4n) is 1.81. The minimum absolute atomic E-state index is 0.0600. The van der Waals surface area contributed by atoms with Gasteiger partial charge in [0, 0.05) is 6.04 Å². The molecule has 0 heterocycles. The highest BCUT2D eigenvalue weighted by atomic mass is 16.5. The number of benzene rings is 1. The molecule has 0 spiro atoms. The first-order chi connectivity index (χ1) is 10.1. The molecular weight excluding hydrogens is 272 g/mol. The number of hydrogen-bond donors (Lipinski definition) is 2. The number of rotatable bonds is 7. The van der Waals surface area contributed by atoms with Gasteiger partial charge in [0.15, 0.2) is 0 Å². The molecule has 0 unspecified atom stereocenters. The number of ether oxygens (including phenoxy) is 2. The second kappa shape index (κ2) is 6.97. The smallest absolute Gasteiger partial charge is 0.338 e. The molecule has 1 fully saturated rings. The molecule has 6 nitrogen and oxygen atoms in total. The van der Waals surface area contributed by atoms with Gasteiger partial charge in [-0.2, -0.15) is 0 Å². The summed E-state index contributed by atoms with van der Waals surface area (Å²) in [5.74, 6) is -0.0432. The Morgan fingerprint density at radius 1 is 1.38 bits per heavy atom. The van der Waals surface area contributed by atoms with Crippen LogP contribution in [0.2, 0.25) is 0 Å². The van der Waals surface area contributed by atoms with Crippen molar-refractivity contribution in [3.8, 4) is 5.75 Å². The maximum atomic E-state index is 11.8. The van der Waals surface area contributed by atoms with Crippen LogP contribution in [0.3, 0.4) is 0 Å². The summed E-state index contributed by atoms with van der Waals surface area (Å²) in [5.41, 5.74) is 6.52. The van der Waals surface area contributed by atoms with Crippen molar-refractivity contribution in [1.82, 2.24) is 5.32 Å². The highest BCUT2D eigenvalue weighted by molar-refractivity contribution is 5.91. The third-order valence-electron chi connectivity index (χ3n) is 3.05. The first-order valence-electron chi connectivity index (χ1n) is 7.09. The number of nitrogen functional groups attached to an aromatic ring is 1. The maximum absolute atomic E-state index is 11.8. The summed E-state index contributed by atoms with van der Waals surface area (Å²) in [6.07, 6.45) is 2.25. The second-order valence-corrected chi connectivity index (χ2v) is 4.91. The van der Waals surface area contributed by atoms with Gasteiger partial charge in [0.05, 0.1) is 24.3 Å². The molecule has 3 N–H and O–H groups in total. The molecular formula is C15H20N2O4. The largest absolute Gasteiger partial charge is 0.492 e. The van der Waals surface area contributed by atoms with Crippen molar-refractivity contribution in [2.75, 3.05) is 18.9 Å². The van der Waals surface area contributed by atoms with Crippen molar-refractivity contribution in [3.63, 3.8) is 0 Å².